The third-order valence-electron chi connectivity index (χ3n) is 5.28. The van der Waals surface area contributed by atoms with Crippen molar-refractivity contribution in [3.8, 4) is 0 Å². The number of rotatable bonds is 9. The molecule has 32 heavy (non-hydrogen) atoms. The number of carbonyl (C=O) groups excluding carboxylic acids is 1. The molecule has 0 aliphatic carbocycles. The van der Waals surface area contributed by atoms with Crippen molar-refractivity contribution in [1.29, 1.82) is 0 Å². The lowest BCUT2D eigenvalue weighted by Crippen LogP contribution is -2.42. The predicted octanol–water partition coefficient (Wildman–Crippen LogP) is 2.64. The van der Waals surface area contributed by atoms with E-state index in [1.807, 2.05) is 20.8 Å². The van der Waals surface area contributed by atoms with E-state index in [4.69, 9.17) is 4.42 Å². The summed E-state index contributed by atoms with van der Waals surface area (Å²) < 4.78 is 30.9. The Bertz CT molecular complexity index is 1200. The van der Waals surface area contributed by atoms with Gasteiger partial charge in [-0.1, -0.05) is 34.6 Å². The molecule has 0 spiro atoms. The van der Waals surface area contributed by atoms with Gasteiger partial charge in [-0.05, 0) is 23.0 Å². The number of nitrogens with zero attached hydrogens (tertiary/aromatic N) is 1. The molecule has 0 radical (unpaired) electrons. The molecule has 2 atom stereocenters. The summed E-state index contributed by atoms with van der Waals surface area (Å²) in [5.74, 6) is -0.0621. The van der Waals surface area contributed by atoms with Crippen LogP contribution in [0, 0.1) is 5.41 Å². The number of Topliss-reactive ketones (excluding diaryl/α,β-unsaturated/α-hetero) is 1. The Morgan fingerprint density at radius 1 is 1.12 bits per heavy atom. The van der Waals surface area contributed by atoms with Crippen molar-refractivity contribution < 1.29 is 17.6 Å². The summed E-state index contributed by atoms with van der Waals surface area (Å²) in [5, 5.41) is 7.15. The molecule has 0 fully saturated rings. The zero-order valence-corrected chi connectivity index (χ0v) is 20.2. The Balaban J connectivity index is 1.84. The first-order chi connectivity index (χ1) is 14.9. The summed E-state index contributed by atoms with van der Waals surface area (Å²) in [6, 6.07) is 3.08. The molecule has 174 valence electrons. The second-order valence-corrected chi connectivity index (χ2v) is 11.8. The third-order valence-corrected chi connectivity index (χ3v) is 9.16. The Morgan fingerprint density at radius 3 is 2.28 bits per heavy atom. The van der Waals surface area contributed by atoms with Gasteiger partial charge in [-0.2, -0.15) is 0 Å². The van der Waals surface area contributed by atoms with Crippen LogP contribution in [0.5, 0.6) is 0 Å². The Morgan fingerprint density at radius 2 is 1.75 bits per heavy atom. The summed E-state index contributed by atoms with van der Waals surface area (Å²) in [6.45, 7) is 9.75. The highest BCUT2D eigenvalue weighted by Gasteiger charge is 2.42. The lowest BCUT2D eigenvalue weighted by Gasteiger charge is -2.31. The fourth-order valence-electron chi connectivity index (χ4n) is 3.49. The normalized spacial score (nSPS) is 18.2. The number of sulfonamides is 1. The molecule has 0 saturated carbocycles. The van der Waals surface area contributed by atoms with Gasteiger partial charge in [-0.25, -0.2) is 12.7 Å². The molecule has 1 unspecified atom stereocenters. The standard InChI is InChI=1S/C21H27N3O6S2/c1-6-24(7-2)32(28,29)20-16(25)12(11-31-20)22-14-15(18(27)17(14)26)23-19(21(3,4)5)13-9-8-10-30-13/h8-11,19-20,22-23H,6-7H2,1-5H3/t19-,20?/m0/s1. The minimum atomic E-state index is -3.85. The van der Waals surface area contributed by atoms with Gasteiger partial charge in [0.15, 0.2) is 4.58 Å². The molecule has 1 aliphatic rings. The van der Waals surface area contributed by atoms with Crippen molar-refractivity contribution in [1.82, 2.24) is 4.31 Å². The van der Waals surface area contributed by atoms with Crippen molar-refractivity contribution in [2.24, 2.45) is 5.41 Å². The quantitative estimate of drug-likeness (QED) is 0.520. The smallest absolute Gasteiger partial charge is 0.253 e. The lowest BCUT2D eigenvalue weighted by molar-refractivity contribution is -0.113. The van der Waals surface area contributed by atoms with Crippen LogP contribution in [0.2, 0.25) is 0 Å². The Labute approximate surface area is 191 Å². The predicted molar refractivity (Wildman–Crippen MR) is 126 cm³/mol. The van der Waals surface area contributed by atoms with Crippen LogP contribution in [0.1, 0.15) is 46.4 Å². The van der Waals surface area contributed by atoms with E-state index in [2.05, 4.69) is 10.6 Å². The summed E-state index contributed by atoms with van der Waals surface area (Å²) >= 11 is 0.863. The van der Waals surface area contributed by atoms with E-state index in [0.29, 0.717) is 5.76 Å². The molecule has 3 rings (SSSR count). The van der Waals surface area contributed by atoms with E-state index in [1.165, 1.54) is 16.0 Å². The number of nitrogens with one attached hydrogen (secondary N) is 2. The highest BCUT2D eigenvalue weighted by molar-refractivity contribution is 8.16. The van der Waals surface area contributed by atoms with Gasteiger partial charge in [0, 0.05) is 13.1 Å². The first kappa shape index (κ1) is 24.3. The highest BCUT2D eigenvalue weighted by atomic mass is 32.3. The zero-order chi connectivity index (χ0) is 23.8. The average Bonchev–Trinajstić information content (AvgIpc) is 3.37. The van der Waals surface area contributed by atoms with Crippen LogP contribution >= 0.6 is 11.8 Å². The third kappa shape index (κ3) is 4.28. The zero-order valence-electron chi connectivity index (χ0n) is 18.6. The minimum absolute atomic E-state index is 0.0313. The van der Waals surface area contributed by atoms with Crippen LogP contribution in [0.4, 0.5) is 11.4 Å². The maximum atomic E-state index is 12.8. The van der Waals surface area contributed by atoms with Crippen LogP contribution in [0.25, 0.3) is 0 Å². The van der Waals surface area contributed by atoms with Gasteiger partial charge in [0.05, 0.1) is 18.0 Å². The van der Waals surface area contributed by atoms with Crippen LogP contribution < -0.4 is 21.5 Å². The molecule has 11 heteroatoms. The number of allylic oxidation sites excluding steroid dienone is 1. The van der Waals surface area contributed by atoms with E-state index < -0.39 is 37.3 Å². The number of hydrogen-bond acceptors (Lipinski definition) is 9. The molecule has 1 aromatic carbocycles. The molecule has 0 amide bonds. The van der Waals surface area contributed by atoms with Gasteiger partial charge in [-0.15, -0.1) is 11.8 Å². The van der Waals surface area contributed by atoms with Crippen LogP contribution in [-0.2, 0) is 14.8 Å². The summed E-state index contributed by atoms with van der Waals surface area (Å²) in [5.41, 5.74) is -1.89. The van der Waals surface area contributed by atoms with Crippen molar-refractivity contribution in [2.75, 3.05) is 23.7 Å². The van der Waals surface area contributed by atoms with Gasteiger partial charge in [0.25, 0.3) is 10.9 Å². The van der Waals surface area contributed by atoms with Gasteiger partial charge >= 0.3 is 0 Å². The molecule has 2 N–H and O–H groups in total. The lowest BCUT2D eigenvalue weighted by atomic mass is 9.85. The second kappa shape index (κ2) is 8.87. The fourth-order valence-corrected chi connectivity index (χ4v) is 6.66. The van der Waals surface area contributed by atoms with E-state index in [9.17, 15) is 22.8 Å². The number of thioether (sulfide) groups is 1. The van der Waals surface area contributed by atoms with Gasteiger partial charge in [-0.3, -0.25) is 14.4 Å². The van der Waals surface area contributed by atoms with Crippen LogP contribution in [0.15, 0.2) is 43.5 Å². The maximum Gasteiger partial charge on any atom is 0.253 e. The monoisotopic (exact) mass is 481 g/mol. The van der Waals surface area contributed by atoms with Crippen molar-refractivity contribution in [3.63, 3.8) is 0 Å². The summed E-state index contributed by atoms with van der Waals surface area (Å²) in [6.07, 6.45) is 1.52. The number of hydrogen-bond donors (Lipinski definition) is 2. The number of ketones is 1. The van der Waals surface area contributed by atoms with E-state index in [1.54, 1.807) is 26.0 Å². The van der Waals surface area contributed by atoms with E-state index in [-0.39, 0.29) is 35.6 Å². The van der Waals surface area contributed by atoms with Crippen LogP contribution in [-0.4, -0.2) is 36.2 Å². The molecular weight excluding hydrogens is 454 g/mol. The molecule has 0 bridgehead atoms. The largest absolute Gasteiger partial charge is 0.467 e. The number of carbonyl (C=O) groups is 1. The Kier molecular flexibility index (Phi) is 6.73. The number of furan rings is 1. The van der Waals surface area contributed by atoms with Gasteiger partial charge < -0.3 is 15.1 Å². The van der Waals surface area contributed by atoms with Crippen molar-refractivity contribution in [2.45, 2.75) is 45.2 Å². The molecule has 1 aromatic heterocycles. The fraction of sp³-hybridized carbons (Fsp3) is 0.476. The van der Waals surface area contributed by atoms with Crippen molar-refractivity contribution in [3.05, 3.63) is 55.7 Å². The van der Waals surface area contributed by atoms with E-state index >= 15 is 0 Å². The Hall–Kier alpha value is -2.37. The van der Waals surface area contributed by atoms with Gasteiger partial charge in [0.2, 0.25) is 15.8 Å². The molecule has 2 heterocycles. The second-order valence-electron chi connectivity index (χ2n) is 8.49. The summed E-state index contributed by atoms with van der Waals surface area (Å²) in [4.78, 5) is 37.4. The topological polar surface area (TPSA) is 126 Å². The maximum absolute atomic E-state index is 12.8. The van der Waals surface area contributed by atoms with E-state index in [0.717, 1.165) is 11.8 Å². The summed E-state index contributed by atoms with van der Waals surface area (Å²) in [7, 11) is -3.85. The number of anilines is 2. The van der Waals surface area contributed by atoms with Crippen molar-refractivity contribution >= 4 is 38.9 Å². The van der Waals surface area contributed by atoms with Gasteiger partial charge in [0.1, 0.15) is 17.1 Å². The molecule has 0 saturated heterocycles. The molecular formula is C21H27N3O6S2. The molecule has 9 nitrogen and oxygen atoms in total. The SMILES string of the molecule is CCN(CC)S(=O)(=O)C1SC=C(Nc2c(N[C@@H](c3ccco3)C(C)(C)C)c(=O)c2=O)C1=O. The highest BCUT2D eigenvalue weighted by Crippen LogP contribution is 2.38. The first-order valence-corrected chi connectivity index (χ1v) is 12.7. The van der Waals surface area contributed by atoms with Crippen LogP contribution in [0.3, 0.4) is 0 Å². The average molecular weight is 482 g/mol. The molecule has 2 aromatic rings. The minimum Gasteiger partial charge on any atom is -0.467 e. The molecule has 1 aliphatic heterocycles. The first-order valence-electron chi connectivity index (χ1n) is 10.2.